The largest absolute Gasteiger partial charge is 0.326 e. The molecule has 4 nitrogen and oxygen atoms in total. The molecule has 1 aliphatic rings. The summed E-state index contributed by atoms with van der Waals surface area (Å²) in [4.78, 5) is 1.26. The van der Waals surface area contributed by atoms with E-state index in [1.165, 1.54) is 4.90 Å². The van der Waals surface area contributed by atoms with Crippen LogP contribution >= 0.6 is 11.8 Å². The van der Waals surface area contributed by atoms with E-state index in [2.05, 4.69) is 52.2 Å². The summed E-state index contributed by atoms with van der Waals surface area (Å²) in [6.07, 6.45) is 3.07. The Labute approximate surface area is 117 Å². The Morgan fingerprint density at radius 1 is 1.26 bits per heavy atom. The molecule has 0 amide bonds. The SMILES string of the molecule is CSc1ccc(-c2nnc3n2CC(N)CC3C)cc1. The highest BCUT2D eigenvalue weighted by atomic mass is 32.2. The highest BCUT2D eigenvalue weighted by Gasteiger charge is 2.26. The second kappa shape index (κ2) is 4.98. The van der Waals surface area contributed by atoms with Crippen molar-refractivity contribution in [2.24, 2.45) is 5.73 Å². The van der Waals surface area contributed by atoms with Crippen molar-refractivity contribution in [1.29, 1.82) is 0 Å². The predicted molar refractivity (Wildman–Crippen MR) is 78.2 cm³/mol. The monoisotopic (exact) mass is 274 g/mol. The lowest BCUT2D eigenvalue weighted by molar-refractivity contribution is 0.409. The van der Waals surface area contributed by atoms with Crippen molar-refractivity contribution >= 4 is 11.8 Å². The Bertz CT molecular complexity index is 576. The third-order valence-corrected chi connectivity index (χ3v) is 4.39. The number of rotatable bonds is 2. The Kier molecular flexibility index (Phi) is 3.33. The van der Waals surface area contributed by atoms with Gasteiger partial charge >= 0.3 is 0 Å². The molecule has 3 rings (SSSR count). The minimum atomic E-state index is 0.197. The van der Waals surface area contributed by atoms with Gasteiger partial charge in [0.2, 0.25) is 0 Å². The van der Waals surface area contributed by atoms with Gasteiger partial charge in [0, 0.05) is 29.0 Å². The molecule has 0 fully saturated rings. The lowest BCUT2D eigenvalue weighted by Crippen LogP contribution is -2.33. The topological polar surface area (TPSA) is 56.7 Å². The predicted octanol–water partition coefficient (Wildman–Crippen LogP) is 2.50. The third kappa shape index (κ3) is 2.28. The van der Waals surface area contributed by atoms with Crippen molar-refractivity contribution in [2.75, 3.05) is 6.26 Å². The maximum absolute atomic E-state index is 6.11. The Morgan fingerprint density at radius 2 is 2.00 bits per heavy atom. The van der Waals surface area contributed by atoms with Crippen LogP contribution in [0.5, 0.6) is 0 Å². The van der Waals surface area contributed by atoms with Crippen LogP contribution in [0.3, 0.4) is 0 Å². The highest BCUT2D eigenvalue weighted by Crippen LogP contribution is 2.29. The van der Waals surface area contributed by atoms with Crippen molar-refractivity contribution in [3.8, 4) is 11.4 Å². The fourth-order valence-corrected chi connectivity index (χ4v) is 3.09. The summed E-state index contributed by atoms with van der Waals surface area (Å²) in [5, 5.41) is 8.70. The van der Waals surface area contributed by atoms with Crippen LogP contribution in [0.1, 0.15) is 25.1 Å². The van der Waals surface area contributed by atoms with Crippen molar-refractivity contribution in [1.82, 2.24) is 14.8 Å². The molecule has 100 valence electrons. The quantitative estimate of drug-likeness (QED) is 0.855. The number of aromatic nitrogens is 3. The van der Waals surface area contributed by atoms with E-state index in [1.54, 1.807) is 11.8 Å². The average molecular weight is 274 g/mol. The van der Waals surface area contributed by atoms with Gasteiger partial charge < -0.3 is 10.3 Å². The maximum atomic E-state index is 6.11. The molecule has 0 saturated heterocycles. The Morgan fingerprint density at radius 3 is 2.68 bits per heavy atom. The van der Waals surface area contributed by atoms with Gasteiger partial charge in [-0.25, -0.2) is 0 Å². The molecular weight excluding hydrogens is 256 g/mol. The molecule has 0 saturated carbocycles. The van der Waals surface area contributed by atoms with Crippen LogP contribution in [0.15, 0.2) is 29.2 Å². The lowest BCUT2D eigenvalue weighted by Gasteiger charge is -2.25. The Balaban J connectivity index is 2.01. The molecule has 1 aromatic heterocycles. The zero-order chi connectivity index (χ0) is 13.4. The molecule has 2 aromatic rings. The first kappa shape index (κ1) is 12.7. The van der Waals surface area contributed by atoms with E-state index in [1.807, 2.05) is 0 Å². The minimum Gasteiger partial charge on any atom is -0.326 e. The van der Waals surface area contributed by atoms with Gasteiger partial charge in [0.05, 0.1) is 0 Å². The molecule has 0 aliphatic carbocycles. The standard InChI is InChI=1S/C14H18N4S/c1-9-7-11(15)8-18-13(9)16-17-14(18)10-3-5-12(19-2)6-4-10/h3-6,9,11H,7-8,15H2,1-2H3. The zero-order valence-electron chi connectivity index (χ0n) is 11.2. The number of fused-ring (bicyclic) bond motifs is 1. The Hall–Kier alpha value is -1.33. The lowest BCUT2D eigenvalue weighted by atomic mass is 9.97. The first-order chi connectivity index (χ1) is 9.19. The van der Waals surface area contributed by atoms with Gasteiger partial charge in [0.15, 0.2) is 5.82 Å². The average Bonchev–Trinajstić information content (AvgIpc) is 2.83. The molecule has 0 bridgehead atoms. The fourth-order valence-electron chi connectivity index (χ4n) is 2.68. The molecule has 1 aliphatic heterocycles. The number of benzene rings is 1. The summed E-state index contributed by atoms with van der Waals surface area (Å²) in [6.45, 7) is 2.98. The molecule has 1 aromatic carbocycles. The summed E-state index contributed by atoms with van der Waals surface area (Å²) < 4.78 is 2.17. The number of thioether (sulfide) groups is 1. The van der Waals surface area contributed by atoms with Gasteiger partial charge in [-0.15, -0.1) is 22.0 Å². The number of nitrogens with two attached hydrogens (primary N) is 1. The molecule has 19 heavy (non-hydrogen) atoms. The second-order valence-corrected chi connectivity index (χ2v) is 6.00. The van der Waals surface area contributed by atoms with Crippen molar-refractivity contribution in [2.45, 2.75) is 36.7 Å². The van der Waals surface area contributed by atoms with Gasteiger partial charge in [-0.3, -0.25) is 0 Å². The van der Waals surface area contributed by atoms with E-state index in [0.717, 1.165) is 30.2 Å². The first-order valence-corrected chi connectivity index (χ1v) is 7.74. The molecule has 2 heterocycles. The van der Waals surface area contributed by atoms with Crippen molar-refractivity contribution in [3.05, 3.63) is 30.1 Å². The van der Waals surface area contributed by atoms with Gasteiger partial charge in [0.1, 0.15) is 5.82 Å². The van der Waals surface area contributed by atoms with Crippen LogP contribution in [0.2, 0.25) is 0 Å². The van der Waals surface area contributed by atoms with E-state index in [4.69, 9.17) is 5.73 Å². The number of nitrogens with zero attached hydrogens (tertiary/aromatic N) is 3. The fraction of sp³-hybridized carbons (Fsp3) is 0.429. The van der Waals surface area contributed by atoms with Crippen LogP contribution in [-0.2, 0) is 6.54 Å². The molecule has 2 N–H and O–H groups in total. The summed E-state index contributed by atoms with van der Waals surface area (Å²) in [5.74, 6) is 2.38. The molecule has 5 heteroatoms. The molecule has 2 unspecified atom stereocenters. The molecule has 2 atom stereocenters. The van der Waals surface area contributed by atoms with Crippen LogP contribution < -0.4 is 5.73 Å². The molecule has 0 radical (unpaired) electrons. The van der Waals surface area contributed by atoms with Gasteiger partial charge in [-0.05, 0) is 24.8 Å². The number of hydrogen-bond donors (Lipinski definition) is 1. The second-order valence-electron chi connectivity index (χ2n) is 5.12. The van der Waals surface area contributed by atoms with E-state index in [9.17, 15) is 0 Å². The van der Waals surface area contributed by atoms with E-state index < -0.39 is 0 Å². The normalized spacial score (nSPS) is 22.3. The summed E-state index contributed by atoms with van der Waals surface area (Å²) in [7, 11) is 0. The van der Waals surface area contributed by atoms with Crippen molar-refractivity contribution in [3.63, 3.8) is 0 Å². The van der Waals surface area contributed by atoms with Gasteiger partial charge in [0.25, 0.3) is 0 Å². The van der Waals surface area contributed by atoms with Crippen LogP contribution in [0.25, 0.3) is 11.4 Å². The van der Waals surface area contributed by atoms with E-state index >= 15 is 0 Å². The van der Waals surface area contributed by atoms with Crippen LogP contribution in [-0.4, -0.2) is 27.1 Å². The maximum Gasteiger partial charge on any atom is 0.164 e. The van der Waals surface area contributed by atoms with Crippen molar-refractivity contribution < 1.29 is 0 Å². The van der Waals surface area contributed by atoms with Gasteiger partial charge in [-0.2, -0.15) is 0 Å². The first-order valence-electron chi connectivity index (χ1n) is 6.52. The van der Waals surface area contributed by atoms with E-state index in [0.29, 0.717) is 5.92 Å². The third-order valence-electron chi connectivity index (χ3n) is 3.64. The molecule has 0 spiro atoms. The smallest absolute Gasteiger partial charge is 0.164 e. The number of hydrogen-bond acceptors (Lipinski definition) is 4. The van der Waals surface area contributed by atoms with Crippen LogP contribution in [0, 0.1) is 0 Å². The molecular formula is C14H18N4S. The summed E-state index contributed by atoms with van der Waals surface area (Å²) in [6, 6.07) is 8.64. The summed E-state index contributed by atoms with van der Waals surface area (Å²) >= 11 is 1.74. The minimum absolute atomic E-state index is 0.197. The van der Waals surface area contributed by atoms with Crippen LogP contribution in [0.4, 0.5) is 0 Å². The van der Waals surface area contributed by atoms with Gasteiger partial charge in [-0.1, -0.05) is 19.1 Å². The highest BCUT2D eigenvalue weighted by molar-refractivity contribution is 7.98. The summed E-state index contributed by atoms with van der Waals surface area (Å²) in [5.41, 5.74) is 7.22. The zero-order valence-corrected chi connectivity index (χ0v) is 12.0. The van der Waals surface area contributed by atoms with E-state index in [-0.39, 0.29) is 6.04 Å².